The van der Waals surface area contributed by atoms with Gasteiger partial charge in [0.25, 0.3) is 0 Å². The molecular weight excluding hydrogens is 248 g/mol. The number of hydrogen-bond acceptors (Lipinski definition) is 2. The van der Waals surface area contributed by atoms with Crippen LogP contribution in [-0.4, -0.2) is 5.78 Å². The average Bonchev–Trinajstić information content (AvgIpc) is 2.49. The second-order valence-electron chi connectivity index (χ2n) is 4.60. The molecule has 0 heterocycles. The first kappa shape index (κ1) is 14.5. The van der Waals surface area contributed by atoms with Crippen LogP contribution in [0.3, 0.4) is 0 Å². The van der Waals surface area contributed by atoms with Crippen LogP contribution >= 0.6 is 0 Å². The molecule has 0 amide bonds. The zero-order valence-corrected chi connectivity index (χ0v) is 11.5. The molecule has 2 heteroatoms. The third-order valence-electron chi connectivity index (χ3n) is 2.91. The Morgan fingerprint density at radius 3 is 2.25 bits per heavy atom. The molecule has 0 fully saturated rings. The van der Waals surface area contributed by atoms with Crippen LogP contribution in [0.15, 0.2) is 60.7 Å². The van der Waals surface area contributed by atoms with Crippen molar-refractivity contribution in [3.63, 3.8) is 0 Å². The van der Waals surface area contributed by atoms with Crippen molar-refractivity contribution < 1.29 is 9.53 Å². The molecule has 0 aliphatic carbocycles. The van der Waals surface area contributed by atoms with Crippen molar-refractivity contribution in [2.45, 2.75) is 19.6 Å². The quantitative estimate of drug-likeness (QED) is 0.758. The number of ketones is 1. The molecule has 1 atom stereocenters. The van der Waals surface area contributed by atoms with Gasteiger partial charge in [0.05, 0.1) is 12.7 Å². The van der Waals surface area contributed by atoms with E-state index < -0.39 is 0 Å². The zero-order valence-electron chi connectivity index (χ0n) is 11.5. The first-order valence-corrected chi connectivity index (χ1v) is 6.65. The van der Waals surface area contributed by atoms with Crippen LogP contribution < -0.4 is 0 Å². The fraction of sp³-hybridized carbons (Fsp3) is 0.167. The van der Waals surface area contributed by atoms with E-state index in [4.69, 9.17) is 4.74 Å². The molecule has 0 bridgehead atoms. The summed E-state index contributed by atoms with van der Waals surface area (Å²) in [5, 5.41) is 0. The van der Waals surface area contributed by atoms with E-state index >= 15 is 0 Å². The number of ether oxygens (including phenoxy) is 1. The van der Waals surface area contributed by atoms with Crippen LogP contribution in [0.5, 0.6) is 0 Å². The largest absolute Gasteiger partial charge is 0.369 e. The molecule has 0 aliphatic heterocycles. The number of carbonyl (C=O) groups is 1. The van der Waals surface area contributed by atoms with Gasteiger partial charge in [-0.05, 0) is 18.1 Å². The molecule has 0 saturated heterocycles. The van der Waals surface area contributed by atoms with Crippen molar-refractivity contribution in [1.29, 1.82) is 0 Å². The van der Waals surface area contributed by atoms with Gasteiger partial charge in [-0.25, -0.2) is 0 Å². The molecule has 0 saturated carbocycles. The highest BCUT2D eigenvalue weighted by atomic mass is 16.5. The van der Waals surface area contributed by atoms with Gasteiger partial charge in [-0.2, -0.15) is 0 Å². The smallest absolute Gasteiger partial charge is 0.134 e. The van der Waals surface area contributed by atoms with Crippen molar-refractivity contribution in [3.05, 3.63) is 84.6 Å². The Morgan fingerprint density at radius 1 is 1.05 bits per heavy atom. The first-order chi connectivity index (χ1) is 9.75. The first-order valence-electron chi connectivity index (χ1n) is 6.65. The van der Waals surface area contributed by atoms with Crippen molar-refractivity contribution in [2.75, 3.05) is 0 Å². The maximum atomic E-state index is 11.1. The molecule has 0 aromatic heterocycles. The minimum Gasteiger partial charge on any atom is -0.369 e. The lowest BCUT2D eigenvalue weighted by Gasteiger charge is -2.17. The van der Waals surface area contributed by atoms with Gasteiger partial charge in [-0.1, -0.05) is 60.7 Å². The number of carbonyl (C=O) groups excluding carboxylic acids is 1. The Kier molecular flexibility index (Phi) is 5.51. The maximum Gasteiger partial charge on any atom is 0.134 e. The molecule has 2 rings (SSSR count). The van der Waals surface area contributed by atoms with Crippen LogP contribution in [0.1, 0.15) is 24.2 Å². The van der Waals surface area contributed by atoms with Crippen molar-refractivity contribution in [2.24, 2.45) is 0 Å². The summed E-state index contributed by atoms with van der Waals surface area (Å²) < 4.78 is 5.93. The summed E-state index contributed by atoms with van der Waals surface area (Å²) in [5.41, 5.74) is 2.16. The summed E-state index contributed by atoms with van der Waals surface area (Å²) in [5.74, 6) is 0.0224. The second-order valence-corrected chi connectivity index (χ2v) is 4.60. The summed E-state index contributed by atoms with van der Waals surface area (Å²) >= 11 is 0. The van der Waals surface area contributed by atoms with E-state index in [-0.39, 0.29) is 11.9 Å². The van der Waals surface area contributed by atoms with Crippen LogP contribution in [-0.2, 0) is 16.1 Å². The molecule has 20 heavy (non-hydrogen) atoms. The lowest BCUT2D eigenvalue weighted by molar-refractivity contribution is -0.113. The van der Waals surface area contributed by atoms with Gasteiger partial charge in [0.2, 0.25) is 0 Å². The Bertz CT molecular complexity index is 520. The van der Waals surface area contributed by atoms with Gasteiger partial charge < -0.3 is 4.74 Å². The normalized spacial score (nSPS) is 12.1. The van der Waals surface area contributed by atoms with Crippen LogP contribution in [0.2, 0.25) is 0 Å². The SMILES string of the molecule is CC(=O)[CH][CH]C(OCc1ccccc1)c1ccccc1. The molecule has 2 aromatic carbocycles. The average molecular weight is 266 g/mol. The molecular formula is C18H18O2. The summed E-state index contributed by atoms with van der Waals surface area (Å²) in [6, 6.07) is 19.9. The topological polar surface area (TPSA) is 26.3 Å². The highest BCUT2D eigenvalue weighted by Crippen LogP contribution is 2.23. The summed E-state index contributed by atoms with van der Waals surface area (Å²) in [6.45, 7) is 2.05. The summed E-state index contributed by atoms with van der Waals surface area (Å²) in [6.07, 6.45) is 3.16. The molecule has 0 N–H and O–H groups in total. The minimum atomic E-state index is -0.208. The Hall–Kier alpha value is -1.93. The molecule has 102 valence electrons. The van der Waals surface area contributed by atoms with E-state index in [1.165, 1.54) is 6.92 Å². The third-order valence-corrected chi connectivity index (χ3v) is 2.91. The monoisotopic (exact) mass is 266 g/mol. The van der Waals surface area contributed by atoms with Gasteiger partial charge in [-0.15, -0.1) is 0 Å². The van der Waals surface area contributed by atoms with Crippen molar-refractivity contribution in [1.82, 2.24) is 0 Å². The highest BCUT2D eigenvalue weighted by Gasteiger charge is 2.13. The fourth-order valence-electron chi connectivity index (χ4n) is 1.89. The lowest BCUT2D eigenvalue weighted by Crippen LogP contribution is -2.08. The van der Waals surface area contributed by atoms with Gasteiger partial charge >= 0.3 is 0 Å². The van der Waals surface area contributed by atoms with E-state index in [2.05, 4.69) is 0 Å². The van der Waals surface area contributed by atoms with Gasteiger partial charge in [-0.3, -0.25) is 4.79 Å². The lowest BCUT2D eigenvalue weighted by atomic mass is 10.0. The molecule has 1 unspecified atom stereocenters. The highest BCUT2D eigenvalue weighted by molar-refractivity contribution is 5.86. The van der Waals surface area contributed by atoms with Crippen molar-refractivity contribution in [3.8, 4) is 0 Å². The van der Waals surface area contributed by atoms with Gasteiger partial charge in [0.15, 0.2) is 0 Å². The Labute approximate surface area is 120 Å². The van der Waals surface area contributed by atoms with Crippen molar-refractivity contribution >= 4 is 5.78 Å². The molecule has 2 aromatic rings. The molecule has 2 radical (unpaired) electrons. The molecule has 2 nitrogen and oxygen atoms in total. The second kappa shape index (κ2) is 7.61. The number of benzene rings is 2. The number of hydrogen-bond donors (Lipinski definition) is 0. The Balaban J connectivity index is 2.01. The molecule has 0 spiro atoms. The van der Waals surface area contributed by atoms with Crippen LogP contribution in [0, 0.1) is 12.8 Å². The summed E-state index contributed by atoms with van der Waals surface area (Å²) in [7, 11) is 0. The zero-order chi connectivity index (χ0) is 14.2. The minimum absolute atomic E-state index is 0.0224. The van der Waals surface area contributed by atoms with E-state index in [9.17, 15) is 4.79 Å². The predicted octanol–water partition coefficient (Wildman–Crippen LogP) is 3.94. The van der Waals surface area contributed by atoms with Gasteiger partial charge in [0, 0.05) is 12.8 Å². The van der Waals surface area contributed by atoms with Gasteiger partial charge in [0.1, 0.15) is 5.78 Å². The third kappa shape index (κ3) is 4.63. The van der Waals surface area contributed by atoms with Crippen LogP contribution in [0.25, 0.3) is 0 Å². The Morgan fingerprint density at radius 2 is 1.65 bits per heavy atom. The maximum absolute atomic E-state index is 11.1. The molecule has 0 aliphatic rings. The summed E-state index contributed by atoms with van der Waals surface area (Å²) in [4.78, 5) is 11.1. The van der Waals surface area contributed by atoms with E-state index in [0.29, 0.717) is 6.61 Å². The fourth-order valence-corrected chi connectivity index (χ4v) is 1.89. The van der Waals surface area contributed by atoms with E-state index in [1.807, 2.05) is 60.7 Å². The number of rotatable bonds is 7. The van der Waals surface area contributed by atoms with Crippen LogP contribution in [0.4, 0.5) is 0 Å². The predicted molar refractivity (Wildman–Crippen MR) is 79.7 cm³/mol. The number of Topliss-reactive ketones (excluding diaryl/α,β-unsaturated/α-hetero) is 1. The van der Waals surface area contributed by atoms with E-state index in [1.54, 1.807) is 12.8 Å². The van der Waals surface area contributed by atoms with E-state index in [0.717, 1.165) is 11.1 Å². The standard InChI is InChI=1S/C18H18O2/c1-15(19)12-13-18(17-10-6-3-7-11-17)20-14-16-8-4-2-5-9-16/h2-13,18H,14H2,1H3.